The standard InChI is InChI=1S/C23H23FN4O4/c1-14(29)26-19-11-16(22(30)28-9-3-4-20(28)23(31)32-2)10-18-21(19)27(13-25-18)12-15-5-7-17(24)8-6-15/h5-8,10-11,13,20H,3-4,9,12H2,1-2H3,(H,26,29)/t20-/m0/s1. The van der Waals surface area contributed by atoms with Gasteiger partial charge in [-0.1, -0.05) is 12.1 Å². The number of amides is 2. The van der Waals surface area contributed by atoms with Crippen molar-refractivity contribution in [1.82, 2.24) is 14.5 Å². The second-order valence-corrected chi connectivity index (χ2v) is 7.75. The number of ether oxygens (including phenoxy) is 1. The van der Waals surface area contributed by atoms with Crippen molar-refractivity contribution in [2.45, 2.75) is 32.4 Å². The second-order valence-electron chi connectivity index (χ2n) is 7.75. The Labute approximate surface area is 184 Å². The predicted octanol–water partition coefficient (Wildman–Crippen LogP) is 2.96. The summed E-state index contributed by atoms with van der Waals surface area (Å²) in [4.78, 5) is 43.1. The summed E-state index contributed by atoms with van der Waals surface area (Å²) in [6.45, 7) is 2.24. The minimum absolute atomic E-state index is 0.293. The largest absolute Gasteiger partial charge is 0.467 e. The molecule has 1 aliphatic heterocycles. The van der Waals surface area contributed by atoms with Gasteiger partial charge in [0.2, 0.25) is 5.91 Å². The van der Waals surface area contributed by atoms with Gasteiger partial charge in [0.1, 0.15) is 11.9 Å². The van der Waals surface area contributed by atoms with Crippen LogP contribution in [0.25, 0.3) is 11.0 Å². The molecule has 0 spiro atoms. The fourth-order valence-corrected chi connectivity index (χ4v) is 4.08. The number of likely N-dealkylation sites (tertiary alicyclic amines) is 1. The molecule has 1 saturated heterocycles. The number of halogens is 1. The zero-order valence-corrected chi connectivity index (χ0v) is 17.8. The lowest BCUT2D eigenvalue weighted by molar-refractivity contribution is -0.145. The molecular formula is C23H23FN4O4. The zero-order valence-electron chi connectivity index (χ0n) is 17.8. The van der Waals surface area contributed by atoms with E-state index >= 15 is 0 Å². The molecular weight excluding hydrogens is 415 g/mol. The van der Waals surface area contributed by atoms with Crippen molar-refractivity contribution >= 4 is 34.5 Å². The van der Waals surface area contributed by atoms with E-state index in [-0.39, 0.29) is 17.6 Å². The van der Waals surface area contributed by atoms with Crippen molar-refractivity contribution in [3.63, 3.8) is 0 Å². The molecule has 3 aromatic rings. The Hall–Kier alpha value is -3.75. The summed E-state index contributed by atoms with van der Waals surface area (Å²) in [6.07, 6.45) is 2.87. The van der Waals surface area contributed by atoms with Crippen LogP contribution in [0.2, 0.25) is 0 Å². The van der Waals surface area contributed by atoms with E-state index in [1.807, 2.05) is 4.57 Å². The molecule has 1 atom stereocenters. The zero-order chi connectivity index (χ0) is 22.8. The lowest BCUT2D eigenvalue weighted by Crippen LogP contribution is -2.41. The average molecular weight is 438 g/mol. The van der Waals surface area contributed by atoms with E-state index in [4.69, 9.17) is 4.74 Å². The maximum atomic E-state index is 13.2. The molecule has 2 amide bonds. The van der Waals surface area contributed by atoms with Crippen LogP contribution in [-0.2, 0) is 20.9 Å². The molecule has 1 fully saturated rings. The number of nitrogens with one attached hydrogen (secondary N) is 1. The number of imidazole rings is 1. The van der Waals surface area contributed by atoms with Gasteiger partial charge in [-0.25, -0.2) is 14.2 Å². The highest BCUT2D eigenvalue weighted by molar-refractivity contribution is 6.05. The van der Waals surface area contributed by atoms with Gasteiger partial charge in [-0.05, 0) is 42.7 Å². The molecule has 2 heterocycles. The summed E-state index contributed by atoms with van der Waals surface area (Å²) in [5, 5.41) is 2.78. The quantitative estimate of drug-likeness (QED) is 0.618. The highest BCUT2D eigenvalue weighted by Gasteiger charge is 2.35. The first-order chi connectivity index (χ1) is 15.4. The smallest absolute Gasteiger partial charge is 0.328 e. The van der Waals surface area contributed by atoms with Gasteiger partial charge < -0.3 is 19.5 Å². The lowest BCUT2D eigenvalue weighted by atomic mass is 10.1. The summed E-state index contributed by atoms with van der Waals surface area (Å²) in [5.41, 5.74) is 2.79. The maximum absolute atomic E-state index is 13.2. The molecule has 2 aromatic carbocycles. The highest BCUT2D eigenvalue weighted by Crippen LogP contribution is 2.29. The van der Waals surface area contributed by atoms with Gasteiger partial charge in [0.15, 0.2) is 0 Å². The number of fused-ring (bicyclic) bond motifs is 1. The summed E-state index contributed by atoms with van der Waals surface area (Å²) in [6, 6.07) is 8.75. The van der Waals surface area contributed by atoms with E-state index in [1.165, 1.54) is 31.1 Å². The molecule has 166 valence electrons. The van der Waals surface area contributed by atoms with Crippen LogP contribution in [0.5, 0.6) is 0 Å². The van der Waals surface area contributed by atoms with Crippen molar-refractivity contribution in [1.29, 1.82) is 0 Å². The predicted molar refractivity (Wildman–Crippen MR) is 116 cm³/mol. The van der Waals surface area contributed by atoms with Crippen LogP contribution in [0.3, 0.4) is 0 Å². The summed E-state index contributed by atoms with van der Waals surface area (Å²) < 4.78 is 19.9. The Bertz CT molecular complexity index is 1190. The number of methoxy groups -OCH3 is 1. The molecule has 0 aliphatic carbocycles. The number of carbonyl (C=O) groups is 3. The number of benzene rings is 2. The van der Waals surface area contributed by atoms with Gasteiger partial charge >= 0.3 is 5.97 Å². The van der Waals surface area contributed by atoms with Crippen LogP contribution in [0.15, 0.2) is 42.7 Å². The number of rotatable bonds is 5. The van der Waals surface area contributed by atoms with E-state index in [9.17, 15) is 18.8 Å². The van der Waals surface area contributed by atoms with Crippen LogP contribution < -0.4 is 5.32 Å². The molecule has 0 bridgehead atoms. The topological polar surface area (TPSA) is 93.5 Å². The van der Waals surface area contributed by atoms with Crippen molar-refractivity contribution in [2.24, 2.45) is 0 Å². The van der Waals surface area contributed by atoms with Crippen molar-refractivity contribution in [2.75, 3.05) is 19.0 Å². The normalized spacial score (nSPS) is 15.7. The fourth-order valence-electron chi connectivity index (χ4n) is 4.08. The molecule has 0 radical (unpaired) electrons. The Morgan fingerprint density at radius 2 is 1.97 bits per heavy atom. The average Bonchev–Trinajstić information content (AvgIpc) is 3.41. The van der Waals surface area contributed by atoms with E-state index in [1.54, 1.807) is 30.6 Å². The first-order valence-corrected chi connectivity index (χ1v) is 10.3. The van der Waals surface area contributed by atoms with Crippen molar-refractivity contribution < 1.29 is 23.5 Å². The number of esters is 1. The summed E-state index contributed by atoms with van der Waals surface area (Å²) in [5.74, 6) is -1.38. The first-order valence-electron chi connectivity index (χ1n) is 10.3. The first kappa shape index (κ1) is 21.5. The van der Waals surface area contributed by atoms with Gasteiger partial charge in [0.05, 0.1) is 30.2 Å². The van der Waals surface area contributed by atoms with Gasteiger partial charge in [-0.15, -0.1) is 0 Å². The molecule has 0 saturated carbocycles. The van der Waals surface area contributed by atoms with Gasteiger partial charge in [-0.2, -0.15) is 0 Å². The molecule has 4 rings (SSSR count). The highest BCUT2D eigenvalue weighted by atomic mass is 19.1. The number of carbonyl (C=O) groups excluding carboxylic acids is 3. The van der Waals surface area contributed by atoms with Crippen LogP contribution in [0.4, 0.5) is 10.1 Å². The van der Waals surface area contributed by atoms with Crippen molar-refractivity contribution in [3.8, 4) is 0 Å². The van der Waals surface area contributed by atoms with Gasteiger partial charge in [-0.3, -0.25) is 9.59 Å². The van der Waals surface area contributed by atoms with E-state index in [0.29, 0.717) is 48.2 Å². The third-order valence-corrected chi connectivity index (χ3v) is 5.52. The third kappa shape index (κ3) is 4.18. The Kier molecular flexibility index (Phi) is 5.89. The van der Waals surface area contributed by atoms with Crippen LogP contribution >= 0.6 is 0 Å². The molecule has 9 heteroatoms. The monoisotopic (exact) mass is 438 g/mol. The number of hydrogen-bond donors (Lipinski definition) is 1. The number of hydrogen-bond acceptors (Lipinski definition) is 5. The number of aromatic nitrogens is 2. The van der Waals surface area contributed by atoms with Crippen molar-refractivity contribution in [3.05, 3.63) is 59.7 Å². The van der Waals surface area contributed by atoms with Crippen LogP contribution in [0, 0.1) is 5.82 Å². The maximum Gasteiger partial charge on any atom is 0.328 e. The molecule has 1 aliphatic rings. The number of nitrogens with zero attached hydrogens (tertiary/aromatic N) is 3. The second kappa shape index (κ2) is 8.78. The minimum Gasteiger partial charge on any atom is -0.467 e. The van der Waals surface area contributed by atoms with E-state index in [0.717, 1.165) is 5.56 Å². The third-order valence-electron chi connectivity index (χ3n) is 5.52. The Balaban J connectivity index is 1.72. The lowest BCUT2D eigenvalue weighted by Gasteiger charge is -2.23. The number of anilines is 1. The molecule has 1 N–H and O–H groups in total. The fraction of sp³-hybridized carbons (Fsp3) is 0.304. The molecule has 8 nitrogen and oxygen atoms in total. The summed E-state index contributed by atoms with van der Waals surface area (Å²) in [7, 11) is 1.30. The Morgan fingerprint density at radius 1 is 1.22 bits per heavy atom. The van der Waals surface area contributed by atoms with Gasteiger partial charge in [0, 0.05) is 25.6 Å². The van der Waals surface area contributed by atoms with Crippen LogP contribution in [0.1, 0.15) is 35.7 Å². The molecule has 32 heavy (non-hydrogen) atoms. The molecule has 0 unspecified atom stereocenters. The Morgan fingerprint density at radius 3 is 2.66 bits per heavy atom. The summed E-state index contributed by atoms with van der Waals surface area (Å²) >= 11 is 0. The minimum atomic E-state index is -0.622. The van der Waals surface area contributed by atoms with Crippen LogP contribution in [-0.4, -0.2) is 51.9 Å². The van der Waals surface area contributed by atoms with Gasteiger partial charge in [0.25, 0.3) is 5.91 Å². The SMILES string of the molecule is COC(=O)[C@@H]1CCCN1C(=O)c1cc(NC(C)=O)c2c(c1)ncn2Cc1ccc(F)cc1. The van der Waals surface area contributed by atoms with E-state index in [2.05, 4.69) is 10.3 Å². The molecule has 1 aromatic heterocycles. The van der Waals surface area contributed by atoms with E-state index < -0.39 is 12.0 Å².